The number of rotatable bonds is 39. The molecule has 43 heteroatoms. The van der Waals surface area contributed by atoms with Crippen molar-refractivity contribution in [2.45, 2.75) is 237 Å². The van der Waals surface area contributed by atoms with Crippen molar-refractivity contribution in [2.75, 3.05) is 31.7 Å². The number of aliphatic hydroxyl groups excluding tert-OH is 2. The third-order valence-corrected chi connectivity index (χ3v) is 19.9. The molecule has 798 valence electrons. The number of H-pyrrole nitrogens is 1. The maximum Gasteiger partial charge on any atom is 0.373 e. The van der Waals surface area contributed by atoms with Gasteiger partial charge in [-0.25, -0.2) is 0 Å². The second-order valence-corrected chi connectivity index (χ2v) is 34.3. The van der Waals surface area contributed by atoms with Gasteiger partial charge in [0.15, 0.2) is 0 Å². The lowest BCUT2D eigenvalue weighted by atomic mass is 9.93. The van der Waals surface area contributed by atoms with Gasteiger partial charge in [-0.15, -0.1) is 0 Å². The molecule has 0 aliphatic carbocycles. The zero-order valence-electron chi connectivity index (χ0n) is 86.8. The molecule has 0 saturated heterocycles. The predicted molar refractivity (Wildman–Crippen MR) is 540 cm³/mol. The maximum atomic E-state index is 11.0. The number of benzene rings is 3. The molecule has 42 nitrogen and oxygen atoms in total. The van der Waals surface area contributed by atoms with Crippen molar-refractivity contribution >= 4 is 136 Å². The highest BCUT2D eigenvalue weighted by Gasteiger charge is 2.18. The van der Waals surface area contributed by atoms with E-state index in [2.05, 4.69) is 48.2 Å². The van der Waals surface area contributed by atoms with E-state index in [-0.39, 0.29) is 167 Å². The van der Waals surface area contributed by atoms with Gasteiger partial charge < -0.3 is 117 Å². The van der Waals surface area contributed by atoms with Crippen LogP contribution in [0, 0.1) is 101 Å². The Labute approximate surface area is 826 Å². The number of aromatic nitrogens is 1. The van der Waals surface area contributed by atoms with Gasteiger partial charge in [0, 0.05) is 102 Å². The molecule has 36 N–H and O–H groups in total. The van der Waals surface area contributed by atoms with Gasteiger partial charge in [0.05, 0.1) is 30.5 Å². The molecule has 0 bridgehead atoms. The number of carbonyl (C=O) groups excluding carboxylic acids is 21. The first-order valence-corrected chi connectivity index (χ1v) is 46.3. The molecule has 14 unspecified atom stereocenters. The first-order valence-electron chi connectivity index (χ1n) is 44.9. The summed E-state index contributed by atoms with van der Waals surface area (Å²) in [6.45, 7) is 46.4. The molecule has 0 aliphatic rings. The Bertz CT molecular complexity index is 3980. The molecule has 4 aromatic rings. The lowest BCUT2D eigenvalue weighted by Crippen LogP contribution is -2.30. The highest BCUT2D eigenvalue weighted by molar-refractivity contribution is 7.98. The van der Waals surface area contributed by atoms with Gasteiger partial charge in [-0.3, -0.25) is 81.5 Å². The molecule has 1 aromatic heterocycles. The van der Waals surface area contributed by atoms with Crippen LogP contribution < -0.4 is 96.6 Å². The average Bonchev–Trinajstić information content (AvgIpc) is 1.69. The number of hydrogen-bond donors (Lipinski definition) is 21. The summed E-state index contributed by atoms with van der Waals surface area (Å²) in [5.41, 5.74) is 78.7. The monoisotopic (exact) mass is 2000 g/mol. The lowest BCUT2D eigenvalue weighted by Gasteiger charge is -2.13. The standard InChI is InChI=1S/C12H14N2O.C10H13NO2.C10H13NO.2C7H15NO.C6H12N2O2.C6H13NOS.C6H13NO.C5H10N2O2.C5H11NO2.C5H11NO.C4H9NO2.2C4H9NO.C3H7NO.2CO2/c1-8(12(13)15)6-9-7-14-11-5-3-2-4-10(9)11;1-7(10(11)13)6-8-2-4-9(12)5-3-8;1-8(10(11)12)7-9-5-3-2-4-6-9;1-5(2)4-6(3)7(8)9;1-4-5(2)6(3)7(8)9;1-5(6(7)10)2-3-8-4-9;1-5(6(7)8)3-4-9-2;1-4(2)5(3)6(7)8;1-4(5(6)9)2-7-3-8;1-3(4(2)7)5(6)8;1-3-4(2)5(6)7;1-3(2-6)4(5)7;2*1-3(2)4(5)6;1-2-3(4)5;2*2-1-3/h2-5,7-8,14H,6H2,1H3,(H2,13,15);2-5,7,12H,6H2,1H3,(H2,11,13);2-6,8H,7H2,1H3,(H2,11,12);2*5-6H,4H2,1-3H3,(H2,8,9);4-5H,2-3H2,1H3,(H2,7,10)(H,8,9);5H,3-4H2,1-2H3,(H2,7,8);4-5H,1-3H3,(H2,7,8);3-4H,2H2,1H3,(H2,6,9)(H,7,8);3-4,7H,1-2H3,(H2,6,8);4H,3H2,1-2H3,(H2,6,7);3,6H,2H2,1H3,(H2,5,7);2*3H,1-2H3,(H2,5,6);2H2,1H3,(H2,4,5);;. The smallest absolute Gasteiger partial charge is 0.373 e. The van der Waals surface area contributed by atoms with E-state index in [1.165, 1.54) is 12.3 Å². The summed E-state index contributed by atoms with van der Waals surface area (Å²) in [4.78, 5) is 210. The number of aliphatic hydroxyl groups is 2. The number of nitrogens with two attached hydrogens (primary N) is 15. The molecule has 0 fully saturated rings. The SMILES string of the molecule is CC(C)C(C)C(N)=O.CC(C)C(N)=O.CC(C)C(N)=O.CC(C)CC(C)C(N)=O.CC(CCNC=O)C(N)=O.CC(CNC=O)C(N)=O.CC(CO)C(N)=O.CC(Cc1c[nH]c2ccccc12)C(N)=O.CC(Cc1ccc(O)cc1)C(N)=O.CC(Cc1ccccc1)C(N)=O.CC(O)C(C)C(N)=O.CCC(C)C(C)C(N)=O.CCC(C)C(N)=O.CCC(N)=O.CSCCC(C)C(N)=O.O=C=O.O=C=O. The van der Waals surface area contributed by atoms with Crippen LogP contribution in [0.4, 0.5) is 0 Å². The summed E-state index contributed by atoms with van der Waals surface area (Å²) in [5.74, 6) is -3.05. The van der Waals surface area contributed by atoms with Gasteiger partial charge >= 0.3 is 12.3 Å². The number of phenols is 1. The third kappa shape index (κ3) is 112. The molecule has 0 saturated carbocycles. The number of nitrogens with one attached hydrogen (secondary N) is 3. The van der Waals surface area contributed by atoms with Crippen molar-refractivity contribution in [3.05, 3.63) is 102 Å². The highest BCUT2D eigenvalue weighted by atomic mass is 32.2. The summed E-state index contributed by atoms with van der Waals surface area (Å²) in [6, 6.07) is 24.7. The molecule has 14 atom stereocenters. The molecule has 4 rings (SSSR count). The Hall–Kier alpha value is -13.0. The first kappa shape index (κ1) is 154. The summed E-state index contributed by atoms with van der Waals surface area (Å²) >= 11 is 1.74. The van der Waals surface area contributed by atoms with Crippen LogP contribution in [0.2, 0.25) is 0 Å². The van der Waals surface area contributed by atoms with Gasteiger partial charge in [0.2, 0.25) is 101 Å². The van der Waals surface area contributed by atoms with Gasteiger partial charge in [0.1, 0.15) is 5.75 Å². The largest absolute Gasteiger partial charge is 0.508 e. The van der Waals surface area contributed by atoms with Crippen LogP contribution in [0.1, 0.15) is 228 Å². The van der Waals surface area contributed by atoms with Crippen LogP contribution in [0.3, 0.4) is 0 Å². The van der Waals surface area contributed by atoms with Crippen LogP contribution in [0.25, 0.3) is 10.9 Å². The molecular weight excluding hydrogens is 1820 g/mol. The first-order chi connectivity index (χ1) is 64.0. The lowest BCUT2D eigenvalue weighted by molar-refractivity contribution is -0.193. The molecule has 3 aromatic carbocycles. The van der Waals surface area contributed by atoms with E-state index in [0.717, 1.165) is 60.1 Å². The van der Waals surface area contributed by atoms with Crippen LogP contribution >= 0.6 is 11.8 Å². The topological polar surface area (TPSA) is 849 Å². The van der Waals surface area contributed by atoms with E-state index in [0.29, 0.717) is 69.3 Å². The molecule has 0 aliphatic heterocycles. The number of hydrogen-bond acceptors (Lipinski definition) is 25. The number of fused-ring (bicyclic) bond motifs is 1. The average molecular weight is 2000 g/mol. The summed E-state index contributed by atoms with van der Waals surface area (Å²) in [7, 11) is 0. The quantitative estimate of drug-likeness (QED) is 0.0218. The van der Waals surface area contributed by atoms with Crippen molar-refractivity contribution in [3.8, 4) is 5.75 Å². The molecule has 17 amide bonds. The van der Waals surface area contributed by atoms with E-state index in [1.54, 1.807) is 105 Å². The van der Waals surface area contributed by atoms with Gasteiger partial charge in [-0.2, -0.15) is 30.9 Å². The zero-order valence-corrected chi connectivity index (χ0v) is 87.6. The fraction of sp³-hybridized carbons (Fsp3) is 0.594. The van der Waals surface area contributed by atoms with E-state index in [4.69, 9.17) is 115 Å². The van der Waals surface area contributed by atoms with Crippen LogP contribution in [0.5, 0.6) is 5.75 Å². The van der Waals surface area contributed by atoms with E-state index in [9.17, 15) is 81.5 Å². The number of amides is 17. The van der Waals surface area contributed by atoms with Crippen LogP contribution in [-0.2, 0) is 120 Å². The Balaban J connectivity index is -0.000000112. The number of primary amides is 15. The predicted octanol–water partition coefficient (Wildman–Crippen LogP) is 4.35. The van der Waals surface area contributed by atoms with E-state index < -0.39 is 35.7 Å². The third-order valence-electron chi connectivity index (χ3n) is 19.3. The van der Waals surface area contributed by atoms with Gasteiger partial charge in [0.25, 0.3) is 0 Å². The summed E-state index contributed by atoms with van der Waals surface area (Å²) in [6.07, 6.45) is 11.7. The zero-order chi connectivity index (χ0) is 112. The van der Waals surface area contributed by atoms with Crippen molar-refractivity contribution in [2.24, 2.45) is 187 Å². The van der Waals surface area contributed by atoms with Gasteiger partial charge in [-0.1, -0.05) is 233 Å². The van der Waals surface area contributed by atoms with Crippen LogP contribution in [-0.4, -0.2) is 172 Å². The second-order valence-electron chi connectivity index (χ2n) is 33.3. The Kier molecular flexibility index (Phi) is 110. The van der Waals surface area contributed by atoms with Crippen molar-refractivity contribution < 1.29 is 116 Å². The minimum absolute atomic E-state index is 0.00926. The number of thioether (sulfide) groups is 1. The van der Waals surface area contributed by atoms with E-state index >= 15 is 0 Å². The summed E-state index contributed by atoms with van der Waals surface area (Å²) in [5, 5.41) is 31.9. The van der Waals surface area contributed by atoms with Crippen molar-refractivity contribution in [3.63, 3.8) is 0 Å². The number of phenolic OH excluding ortho intramolecular Hbond substituents is 1. The number of aromatic hydroxyl groups is 1. The van der Waals surface area contributed by atoms with Gasteiger partial charge in [-0.05, 0) is 117 Å². The van der Waals surface area contributed by atoms with Crippen molar-refractivity contribution in [1.82, 2.24) is 15.6 Å². The van der Waals surface area contributed by atoms with Crippen LogP contribution in [0.15, 0.2) is 85.1 Å². The minimum atomic E-state index is -0.632. The number of para-hydroxylation sites is 1. The molecule has 0 spiro atoms. The Morgan fingerprint density at radius 1 is 0.396 bits per heavy atom. The summed E-state index contributed by atoms with van der Waals surface area (Å²) < 4.78 is 0. The highest BCUT2D eigenvalue weighted by Crippen LogP contribution is 2.21. The Morgan fingerprint density at radius 3 is 0.964 bits per heavy atom. The molecular formula is C96H174N18O24S. The van der Waals surface area contributed by atoms with Crippen molar-refractivity contribution in [1.29, 1.82) is 0 Å². The van der Waals surface area contributed by atoms with E-state index in [1.807, 2.05) is 137 Å². The Morgan fingerprint density at radius 2 is 0.727 bits per heavy atom. The molecule has 1 heterocycles. The molecule has 0 radical (unpaired) electrons. The molecule has 139 heavy (non-hydrogen) atoms. The maximum absolute atomic E-state index is 11.0. The minimum Gasteiger partial charge on any atom is -0.508 e. The second kappa shape index (κ2) is 99.5. The number of aromatic amines is 1. The number of carbonyl (C=O) groups is 17. The fourth-order valence-corrected chi connectivity index (χ4v) is 8.05. The fourth-order valence-electron chi connectivity index (χ4n) is 7.46. The normalized spacial score (nSPS) is 12.4.